The highest BCUT2D eigenvalue weighted by molar-refractivity contribution is 5.86. The molecule has 0 aliphatic carbocycles. The number of hydrogen-bond acceptors (Lipinski definition) is 3. The summed E-state index contributed by atoms with van der Waals surface area (Å²) in [6, 6.07) is 6.64. The lowest BCUT2D eigenvalue weighted by Crippen LogP contribution is -2.46. The SMILES string of the molecule is CC(CC(=O)O)NC(=O)[C@H](N)Cc1c[nH]c2ccccc12. The molecule has 1 aromatic heterocycles. The lowest BCUT2D eigenvalue weighted by atomic mass is 10.0. The first-order chi connectivity index (χ1) is 9.97. The highest BCUT2D eigenvalue weighted by atomic mass is 16.4. The van der Waals surface area contributed by atoms with E-state index in [4.69, 9.17) is 10.8 Å². The van der Waals surface area contributed by atoms with Gasteiger partial charge >= 0.3 is 5.97 Å². The molecule has 0 radical (unpaired) electrons. The van der Waals surface area contributed by atoms with Gasteiger partial charge in [0.05, 0.1) is 12.5 Å². The molecule has 2 aromatic rings. The zero-order chi connectivity index (χ0) is 15.4. The van der Waals surface area contributed by atoms with Crippen LogP contribution in [0.1, 0.15) is 18.9 Å². The van der Waals surface area contributed by atoms with Crippen LogP contribution in [0.25, 0.3) is 10.9 Å². The highest BCUT2D eigenvalue weighted by Crippen LogP contribution is 2.18. The summed E-state index contributed by atoms with van der Waals surface area (Å²) in [4.78, 5) is 25.7. The maximum Gasteiger partial charge on any atom is 0.305 e. The second-order valence-electron chi connectivity index (χ2n) is 5.18. The molecule has 1 unspecified atom stereocenters. The van der Waals surface area contributed by atoms with Gasteiger partial charge in [-0.25, -0.2) is 0 Å². The van der Waals surface area contributed by atoms with Crippen molar-refractivity contribution in [3.05, 3.63) is 36.0 Å². The van der Waals surface area contributed by atoms with Gasteiger partial charge in [0.2, 0.25) is 5.91 Å². The summed E-state index contributed by atoms with van der Waals surface area (Å²) >= 11 is 0. The maximum atomic E-state index is 12.0. The summed E-state index contributed by atoms with van der Waals surface area (Å²) in [6.07, 6.45) is 2.12. The van der Waals surface area contributed by atoms with E-state index >= 15 is 0 Å². The zero-order valence-electron chi connectivity index (χ0n) is 11.8. The molecule has 1 amide bonds. The molecule has 0 aliphatic rings. The molecule has 6 heteroatoms. The molecular formula is C15H19N3O3. The number of benzene rings is 1. The smallest absolute Gasteiger partial charge is 0.305 e. The number of rotatable bonds is 6. The molecule has 0 bridgehead atoms. The van der Waals surface area contributed by atoms with Gasteiger partial charge in [-0.1, -0.05) is 18.2 Å². The van der Waals surface area contributed by atoms with Crippen molar-refractivity contribution >= 4 is 22.8 Å². The number of carbonyl (C=O) groups is 2. The van der Waals surface area contributed by atoms with E-state index in [1.807, 2.05) is 30.5 Å². The molecule has 0 spiro atoms. The van der Waals surface area contributed by atoms with Crippen molar-refractivity contribution in [1.29, 1.82) is 0 Å². The predicted molar refractivity (Wildman–Crippen MR) is 79.8 cm³/mol. The lowest BCUT2D eigenvalue weighted by Gasteiger charge is -2.16. The fourth-order valence-electron chi connectivity index (χ4n) is 2.29. The topological polar surface area (TPSA) is 108 Å². The average Bonchev–Trinajstić information content (AvgIpc) is 2.81. The summed E-state index contributed by atoms with van der Waals surface area (Å²) in [5.74, 6) is -1.29. The van der Waals surface area contributed by atoms with E-state index in [9.17, 15) is 9.59 Å². The van der Waals surface area contributed by atoms with Crippen LogP contribution in [-0.4, -0.2) is 34.1 Å². The van der Waals surface area contributed by atoms with E-state index in [-0.39, 0.29) is 12.3 Å². The Morgan fingerprint density at radius 2 is 2.10 bits per heavy atom. The summed E-state index contributed by atoms with van der Waals surface area (Å²) in [7, 11) is 0. The van der Waals surface area contributed by atoms with Crippen molar-refractivity contribution in [1.82, 2.24) is 10.3 Å². The molecule has 112 valence electrons. The molecule has 2 atom stereocenters. The monoisotopic (exact) mass is 289 g/mol. The summed E-state index contributed by atoms with van der Waals surface area (Å²) in [5, 5.41) is 12.3. The normalized spacial score (nSPS) is 13.8. The number of amides is 1. The van der Waals surface area contributed by atoms with Gasteiger partial charge in [0.15, 0.2) is 0 Å². The van der Waals surface area contributed by atoms with E-state index in [2.05, 4.69) is 10.3 Å². The van der Waals surface area contributed by atoms with E-state index in [0.717, 1.165) is 16.5 Å². The minimum Gasteiger partial charge on any atom is -0.481 e. The minimum absolute atomic E-state index is 0.119. The number of carboxylic acids is 1. The van der Waals surface area contributed by atoms with Gasteiger partial charge in [0, 0.05) is 23.1 Å². The number of hydrogen-bond donors (Lipinski definition) is 4. The molecule has 0 aliphatic heterocycles. The number of carbonyl (C=O) groups excluding carboxylic acids is 1. The van der Waals surface area contributed by atoms with Crippen LogP contribution < -0.4 is 11.1 Å². The van der Waals surface area contributed by atoms with Crippen LogP contribution in [0.3, 0.4) is 0 Å². The van der Waals surface area contributed by atoms with Gasteiger partial charge in [-0.3, -0.25) is 9.59 Å². The Balaban J connectivity index is 1.99. The Bertz CT molecular complexity index is 650. The number of nitrogens with two attached hydrogens (primary N) is 1. The number of para-hydroxylation sites is 1. The van der Waals surface area contributed by atoms with Gasteiger partial charge in [-0.05, 0) is 25.0 Å². The van der Waals surface area contributed by atoms with Gasteiger partial charge in [0.1, 0.15) is 0 Å². The van der Waals surface area contributed by atoms with E-state index < -0.39 is 18.1 Å². The molecule has 1 aromatic carbocycles. The molecule has 2 rings (SSSR count). The van der Waals surface area contributed by atoms with Crippen molar-refractivity contribution < 1.29 is 14.7 Å². The number of carboxylic acid groups (broad SMARTS) is 1. The van der Waals surface area contributed by atoms with Crippen LogP contribution >= 0.6 is 0 Å². The number of aromatic nitrogens is 1. The second kappa shape index (κ2) is 6.41. The van der Waals surface area contributed by atoms with Crippen LogP contribution in [0.2, 0.25) is 0 Å². The molecule has 5 N–H and O–H groups in total. The molecular weight excluding hydrogens is 270 g/mol. The Hall–Kier alpha value is -2.34. The van der Waals surface area contributed by atoms with Crippen LogP contribution in [0.4, 0.5) is 0 Å². The van der Waals surface area contributed by atoms with Crippen LogP contribution in [0.5, 0.6) is 0 Å². The number of aromatic amines is 1. The highest BCUT2D eigenvalue weighted by Gasteiger charge is 2.18. The lowest BCUT2D eigenvalue weighted by molar-refractivity contribution is -0.137. The van der Waals surface area contributed by atoms with E-state index in [0.29, 0.717) is 6.42 Å². The Morgan fingerprint density at radius 1 is 1.38 bits per heavy atom. The number of nitrogens with one attached hydrogen (secondary N) is 2. The van der Waals surface area contributed by atoms with E-state index in [1.54, 1.807) is 6.92 Å². The quantitative estimate of drug-likeness (QED) is 0.636. The maximum absolute atomic E-state index is 12.0. The molecule has 21 heavy (non-hydrogen) atoms. The molecule has 0 saturated carbocycles. The number of aliphatic carboxylic acids is 1. The first-order valence-electron chi connectivity index (χ1n) is 6.80. The number of fused-ring (bicyclic) bond motifs is 1. The van der Waals surface area contributed by atoms with Crippen molar-refractivity contribution in [2.75, 3.05) is 0 Å². The van der Waals surface area contributed by atoms with Crippen molar-refractivity contribution in [3.8, 4) is 0 Å². The van der Waals surface area contributed by atoms with Crippen molar-refractivity contribution in [2.24, 2.45) is 5.73 Å². The van der Waals surface area contributed by atoms with Crippen molar-refractivity contribution in [2.45, 2.75) is 31.8 Å². The first kappa shape index (κ1) is 15.1. The third kappa shape index (κ3) is 3.82. The molecule has 6 nitrogen and oxygen atoms in total. The van der Waals surface area contributed by atoms with Crippen LogP contribution in [0.15, 0.2) is 30.5 Å². The zero-order valence-corrected chi connectivity index (χ0v) is 11.8. The van der Waals surface area contributed by atoms with Gasteiger partial charge in [-0.2, -0.15) is 0 Å². The minimum atomic E-state index is -0.951. The largest absolute Gasteiger partial charge is 0.481 e. The molecule has 0 fully saturated rings. The predicted octanol–water partition coefficient (Wildman–Crippen LogP) is 1.02. The molecule has 0 saturated heterocycles. The fraction of sp³-hybridized carbons (Fsp3) is 0.333. The third-order valence-electron chi connectivity index (χ3n) is 3.32. The standard InChI is InChI=1S/C15H19N3O3/c1-9(6-14(19)20)18-15(21)12(16)7-10-8-17-13-5-3-2-4-11(10)13/h2-5,8-9,12,17H,6-7,16H2,1H3,(H,18,21)(H,19,20)/t9?,12-/m1/s1. The Morgan fingerprint density at radius 3 is 2.81 bits per heavy atom. The van der Waals surface area contributed by atoms with Crippen molar-refractivity contribution in [3.63, 3.8) is 0 Å². The van der Waals surface area contributed by atoms with Gasteiger partial charge in [-0.15, -0.1) is 0 Å². The average molecular weight is 289 g/mol. The van der Waals surface area contributed by atoms with Gasteiger partial charge < -0.3 is 21.1 Å². The fourth-order valence-corrected chi connectivity index (χ4v) is 2.29. The summed E-state index contributed by atoms with van der Waals surface area (Å²) < 4.78 is 0. The Kier molecular flexibility index (Phi) is 4.59. The van der Waals surface area contributed by atoms with Gasteiger partial charge in [0.25, 0.3) is 0 Å². The van der Waals surface area contributed by atoms with Crippen LogP contribution in [-0.2, 0) is 16.0 Å². The first-order valence-corrected chi connectivity index (χ1v) is 6.80. The summed E-state index contributed by atoms with van der Waals surface area (Å²) in [6.45, 7) is 1.64. The third-order valence-corrected chi connectivity index (χ3v) is 3.32. The van der Waals surface area contributed by atoms with E-state index in [1.165, 1.54) is 0 Å². The Labute approximate surface area is 122 Å². The summed E-state index contributed by atoms with van der Waals surface area (Å²) in [5.41, 5.74) is 7.88. The number of H-pyrrole nitrogens is 1. The second-order valence-corrected chi connectivity index (χ2v) is 5.18. The molecule has 1 heterocycles. The van der Waals surface area contributed by atoms with Crippen LogP contribution in [0, 0.1) is 0 Å².